The van der Waals surface area contributed by atoms with Gasteiger partial charge in [-0.3, -0.25) is 38.9 Å². The molecular weight excluding hydrogens is 1020 g/mol. The molecule has 0 radical (unpaired) electrons. The van der Waals surface area contributed by atoms with Gasteiger partial charge in [-0.15, -0.1) is 0 Å². The number of aliphatic hydroxyl groups excluding tert-OH is 1. The first-order valence-corrected chi connectivity index (χ1v) is 29.2. The standard InChI is InChI=1S/C60H92N10O10/c1-37(61-9)53(73)65-51(59(3,4)5)57(77)69-35-41(33-47(69)55(75)63-45-23-15-19-39-17-11-13-21-43(39)45)79-31-25-49(71)67-27-29-68(30-28-67)50(72)26-32-80-42-34-48(56(76)64-46-24-16-20-40-18-12-14-22-44(40)46)70(36-42)58(78)52(60(6,7)8)66-54(74)38(2)62-10/h11-14,17-18,21-22,37-38,41-42,45-48,51-53,61-62,65,73H,15-16,19-20,23-36H2,1-10H3,(H,63,75)(H,64,76)(H,66,74)/t37-,38-,41-,42-,45+,46+,47-,48-,51+,52+,53?/m0/s1. The summed E-state index contributed by atoms with van der Waals surface area (Å²) in [5, 5.41) is 29.5. The van der Waals surface area contributed by atoms with E-state index in [9.17, 15) is 38.7 Å². The number of ether oxygens (including phenoxy) is 2. The number of amides is 7. The number of nitrogens with one attached hydrogen (secondary N) is 6. The lowest BCUT2D eigenvalue weighted by Crippen LogP contribution is -2.61. The highest BCUT2D eigenvalue weighted by molar-refractivity contribution is 5.94. The highest BCUT2D eigenvalue weighted by Crippen LogP contribution is 2.34. The minimum absolute atomic E-state index is 0.0671. The summed E-state index contributed by atoms with van der Waals surface area (Å²) in [6, 6.07) is 11.5. The second-order valence-corrected chi connectivity index (χ2v) is 24.8. The molecule has 3 aliphatic heterocycles. The van der Waals surface area contributed by atoms with Crippen molar-refractivity contribution in [1.29, 1.82) is 0 Å². The Balaban J connectivity index is 0.912. The molecule has 2 aromatic rings. The number of likely N-dealkylation sites (N-methyl/N-ethyl adjacent to an activating group) is 2. The van der Waals surface area contributed by atoms with Crippen LogP contribution in [0, 0.1) is 10.8 Å². The Labute approximate surface area is 473 Å². The van der Waals surface area contributed by atoms with Crippen molar-refractivity contribution in [1.82, 2.24) is 51.5 Å². The number of likely N-dealkylation sites (tertiary alicyclic amines) is 2. The van der Waals surface area contributed by atoms with Gasteiger partial charge in [0.1, 0.15) is 24.4 Å². The summed E-state index contributed by atoms with van der Waals surface area (Å²) < 4.78 is 12.6. The quantitative estimate of drug-likeness (QED) is 0.0892. The zero-order valence-electron chi connectivity index (χ0n) is 49.1. The maximum Gasteiger partial charge on any atom is 0.246 e. The molecule has 0 bridgehead atoms. The zero-order valence-corrected chi connectivity index (χ0v) is 49.1. The molecule has 3 fully saturated rings. The van der Waals surface area contributed by atoms with Crippen molar-refractivity contribution in [2.24, 2.45) is 10.8 Å². The van der Waals surface area contributed by atoms with Gasteiger partial charge in [0.25, 0.3) is 0 Å². The largest absolute Gasteiger partial charge is 0.377 e. The second kappa shape index (κ2) is 27.5. The number of carbonyl (C=O) groups is 7. The van der Waals surface area contributed by atoms with Crippen LogP contribution in [-0.4, -0.2) is 187 Å². The highest BCUT2D eigenvalue weighted by atomic mass is 16.5. The van der Waals surface area contributed by atoms with E-state index >= 15 is 0 Å². The van der Waals surface area contributed by atoms with E-state index in [2.05, 4.69) is 44.0 Å². The predicted molar refractivity (Wildman–Crippen MR) is 303 cm³/mol. The first-order valence-electron chi connectivity index (χ1n) is 29.2. The molecule has 80 heavy (non-hydrogen) atoms. The predicted octanol–water partition coefficient (Wildman–Crippen LogP) is 2.87. The van der Waals surface area contributed by atoms with Crippen molar-refractivity contribution in [2.45, 2.75) is 186 Å². The third-order valence-corrected chi connectivity index (χ3v) is 17.0. The van der Waals surface area contributed by atoms with Gasteiger partial charge in [-0.1, -0.05) is 90.1 Å². The van der Waals surface area contributed by atoms with Gasteiger partial charge in [-0.25, -0.2) is 0 Å². The SMILES string of the molecule is CN[C@@H](C)C(=O)N[C@H](C(=O)N1C[C@@H](OCCC(=O)N2CCN(C(=O)CCO[C@H]3C[C@@H](C(=O)N[C@@H]4CCCc5ccccc54)N(C(=O)[C@@H](NC(O)[C@H](C)NC)C(C)(C)C)C3)CC2)C[C@H]1C(=O)N[C@@H]1CCCc2ccccc21)C(C)(C)C. The first-order chi connectivity index (χ1) is 38.0. The summed E-state index contributed by atoms with van der Waals surface area (Å²) in [6.45, 7) is 16.7. The summed E-state index contributed by atoms with van der Waals surface area (Å²) >= 11 is 0. The maximum atomic E-state index is 14.6. The van der Waals surface area contributed by atoms with Gasteiger partial charge in [0.2, 0.25) is 41.4 Å². The van der Waals surface area contributed by atoms with E-state index < -0.39 is 59.5 Å². The van der Waals surface area contributed by atoms with Crippen LogP contribution in [0.2, 0.25) is 0 Å². The number of aryl methyl sites for hydroxylation is 2. The van der Waals surface area contributed by atoms with Gasteiger partial charge in [0, 0.05) is 58.2 Å². The van der Waals surface area contributed by atoms with Crippen LogP contribution in [0.25, 0.3) is 0 Å². The number of hydrogen-bond acceptors (Lipinski definition) is 13. The molecule has 7 N–H and O–H groups in total. The van der Waals surface area contributed by atoms with Crippen molar-refractivity contribution < 1.29 is 48.1 Å². The monoisotopic (exact) mass is 1110 g/mol. The van der Waals surface area contributed by atoms with E-state index in [1.807, 2.05) is 84.9 Å². The Morgan fingerprint density at radius 2 is 1.05 bits per heavy atom. The second-order valence-electron chi connectivity index (χ2n) is 24.8. The topological polar surface area (TPSA) is 243 Å². The smallest absolute Gasteiger partial charge is 0.246 e. The van der Waals surface area contributed by atoms with Crippen molar-refractivity contribution in [3.63, 3.8) is 0 Å². The van der Waals surface area contributed by atoms with Crippen LogP contribution in [0.3, 0.4) is 0 Å². The van der Waals surface area contributed by atoms with E-state index in [1.54, 1.807) is 35.7 Å². The lowest BCUT2D eigenvalue weighted by molar-refractivity contribution is -0.144. The summed E-state index contributed by atoms with van der Waals surface area (Å²) in [5.41, 5.74) is 3.25. The molecule has 7 amide bonds. The van der Waals surface area contributed by atoms with Crippen LogP contribution < -0.4 is 31.9 Å². The Hall–Kier alpha value is -5.51. The van der Waals surface area contributed by atoms with Crippen molar-refractivity contribution in [3.8, 4) is 0 Å². The van der Waals surface area contributed by atoms with Crippen LogP contribution in [0.1, 0.15) is 141 Å². The molecule has 3 heterocycles. The number of piperazine rings is 1. The lowest BCUT2D eigenvalue weighted by Gasteiger charge is -2.38. The minimum Gasteiger partial charge on any atom is -0.377 e. The first kappa shape index (κ1) is 62.1. The van der Waals surface area contributed by atoms with Gasteiger partial charge in [-0.2, -0.15) is 0 Å². The number of rotatable bonds is 21. The molecule has 2 aromatic carbocycles. The number of nitrogens with zero attached hydrogens (tertiary/aromatic N) is 4. The van der Waals surface area contributed by atoms with E-state index in [0.29, 0.717) is 26.2 Å². The van der Waals surface area contributed by atoms with Gasteiger partial charge in [0.15, 0.2) is 0 Å². The fourth-order valence-corrected chi connectivity index (χ4v) is 11.9. The molecular formula is C60H92N10O10. The number of benzene rings is 2. The Kier molecular flexibility index (Phi) is 21.4. The van der Waals surface area contributed by atoms with Crippen LogP contribution in [0.15, 0.2) is 48.5 Å². The summed E-state index contributed by atoms with van der Waals surface area (Å²) in [6.07, 6.45) is 3.81. The molecule has 7 rings (SSSR count). The molecule has 20 heteroatoms. The van der Waals surface area contributed by atoms with Gasteiger partial charge >= 0.3 is 0 Å². The minimum atomic E-state index is -1.04. The molecule has 20 nitrogen and oxygen atoms in total. The van der Waals surface area contributed by atoms with Gasteiger partial charge in [0.05, 0.1) is 62.4 Å². The van der Waals surface area contributed by atoms with E-state index in [1.165, 1.54) is 16.0 Å². The Morgan fingerprint density at radius 3 is 1.46 bits per heavy atom. The third kappa shape index (κ3) is 15.5. The van der Waals surface area contributed by atoms with E-state index in [-0.39, 0.29) is 111 Å². The molecule has 0 aromatic heterocycles. The molecule has 0 spiro atoms. The fourth-order valence-electron chi connectivity index (χ4n) is 11.9. The lowest BCUT2D eigenvalue weighted by atomic mass is 9.85. The molecule has 442 valence electrons. The Morgan fingerprint density at radius 1 is 0.625 bits per heavy atom. The Bertz CT molecular complexity index is 2490. The molecule has 3 saturated heterocycles. The summed E-state index contributed by atoms with van der Waals surface area (Å²) in [5.74, 6) is -1.83. The average molecular weight is 1110 g/mol. The van der Waals surface area contributed by atoms with Crippen LogP contribution >= 0.6 is 0 Å². The summed E-state index contributed by atoms with van der Waals surface area (Å²) in [4.78, 5) is 105. The van der Waals surface area contributed by atoms with Crippen LogP contribution in [0.4, 0.5) is 0 Å². The molecule has 2 aliphatic carbocycles. The van der Waals surface area contributed by atoms with E-state index in [4.69, 9.17) is 9.47 Å². The van der Waals surface area contributed by atoms with Crippen molar-refractivity contribution in [2.75, 3.05) is 66.6 Å². The maximum absolute atomic E-state index is 14.6. The van der Waals surface area contributed by atoms with Crippen molar-refractivity contribution >= 4 is 41.4 Å². The van der Waals surface area contributed by atoms with Crippen molar-refractivity contribution in [3.05, 3.63) is 70.8 Å². The zero-order chi connectivity index (χ0) is 58.1. The fraction of sp³-hybridized carbons (Fsp3) is 0.683. The van der Waals surface area contributed by atoms with Crippen LogP contribution in [-0.2, 0) is 55.9 Å². The van der Waals surface area contributed by atoms with Crippen LogP contribution in [0.5, 0.6) is 0 Å². The third-order valence-electron chi connectivity index (χ3n) is 17.0. The average Bonchev–Trinajstić information content (AvgIpc) is 4.09. The number of carbonyl (C=O) groups excluding carboxylic acids is 7. The van der Waals surface area contributed by atoms with Gasteiger partial charge < -0.3 is 60.8 Å². The van der Waals surface area contributed by atoms with E-state index in [0.717, 1.165) is 49.7 Å². The molecule has 1 unspecified atom stereocenters. The molecule has 5 aliphatic rings. The number of fused-ring (bicyclic) bond motifs is 2. The normalized spacial score (nSPS) is 24.2. The highest BCUT2D eigenvalue weighted by Gasteiger charge is 2.48. The molecule has 11 atom stereocenters. The molecule has 0 saturated carbocycles. The summed E-state index contributed by atoms with van der Waals surface area (Å²) in [7, 11) is 3.40. The number of hydrogen-bond donors (Lipinski definition) is 7. The number of aliphatic hydroxyl groups is 1. The van der Waals surface area contributed by atoms with Gasteiger partial charge in [-0.05, 0) is 99.6 Å².